The third-order valence-corrected chi connectivity index (χ3v) is 5.40. The van der Waals surface area contributed by atoms with Crippen LogP contribution >= 0.6 is 0 Å². The molecule has 1 heterocycles. The molecule has 2 aromatic rings. The lowest BCUT2D eigenvalue weighted by molar-refractivity contribution is -0.138. The lowest BCUT2D eigenvalue weighted by Gasteiger charge is -2.28. The van der Waals surface area contributed by atoms with Gasteiger partial charge in [-0.05, 0) is 49.6 Å². The quantitative estimate of drug-likeness (QED) is 0.445. The van der Waals surface area contributed by atoms with Crippen LogP contribution in [0.4, 0.5) is 5.69 Å². The number of carbonyl (C=O) groups is 4. The fraction of sp³-hybridized carbons (Fsp3) is 0.360. The van der Waals surface area contributed by atoms with E-state index in [0.717, 1.165) is 10.5 Å². The minimum atomic E-state index is -0.824. The van der Waals surface area contributed by atoms with Gasteiger partial charge in [-0.25, -0.2) is 9.69 Å². The standard InChI is InChI=1S/C25H28N2O5/c1-3-8-22(28)26(16-15-18-9-6-5-7-10-18)21-17-23(29)27(24(21)30)20-13-11-19(12-14-20)25(31)32-4-2/h5-7,9-14,21H,3-4,8,15-17H2,1-2H3. The lowest BCUT2D eigenvalue weighted by Crippen LogP contribution is -2.46. The minimum absolute atomic E-state index is 0.0529. The predicted molar refractivity (Wildman–Crippen MR) is 120 cm³/mol. The molecule has 32 heavy (non-hydrogen) atoms. The molecule has 0 radical (unpaired) electrons. The highest BCUT2D eigenvalue weighted by Gasteiger charge is 2.44. The van der Waals surface area contributed by atoms with Gasteiger partial charge in [-0.2, -0.15) is 0 Å². The maximum Gasteiger partial charge on any atom is 0.338 e. The van der Waals surface area contributed by atoms with Crippen molar-refractivity contribution in [2.75, 3.05) is 18.1 Å². The number of carbonyl (C=O) groups excluding carboxylic acids is 4. The summed E-state index contributed by atoms with van der Waals surface area (Å²) in [7, 11) is 0. The predicted octanol–water partition coefficient (Wildman–Crippen LogP) is 3.37. The van der Waals surface area contributed by atoms with Crippen molar-refractivity contribution >= 4 is 29.4 Å². The van der Waals surface area contributed by atoms with Crippen LogP contribution in [0.25, 0.3) is 0 Å². The van der Waals surface area contributed by atoms with Crippen molar-refractivity contribution in [1.82, 2.24) is 4.90 Å². The summed E-state index contributed by atoms with van der Waals surface area (Å²) >= 11 is 0. The van der Waals surface area contributed by atoms with E-state index in [1.54, 1.807) is 24.0 Å². The van der Waals surface area contributed by atoms with Gasteiger partial charge in [0.15, 0.2) is 0 Å². The van der Waals surface area contributed by atoms with Crippen molar-refractivity contribution in [1.29, 1.82) is 0 Å². The first-order chi connectivity index (χ1) is 15.5. The van der Waals surface area contributed by atoms with Gasteiger partial charge in [0.1, 0.15) is 6.04 Å². The maximum atomic E-state index is 13.2. The van der Waals surface area contributed by atoms with Crippen molar-refractivity contribution in [3.05, 3.63) is 65.7 Å². The molecular formula is C25H28N2O5. The van der Waals surface area contributed by atoms with Crippen molar-refractivity contribution < 1.29 is 23.9 Å². The highest BCUT2D eigenvalue weighted by atomic mass is 16.5. The fourth-order valence-corrected chi connectivity index (χ4v) is 3.80. The highest BCUT2D eigenvalue weighted by molar-refractivity contribution is 6.23. The number of esters is 1. The Bertz CT molecular complexity index is 972. The third kappa shape index (κ3) is 5.22. The molecule has 0 saturated carbocycles. The summed E-state index contributed by atoms with van der Waals surface area (Å²) in [5.74, 6) is -1.38. The van der Waals surface area contributed by atoms with Gasteiger partial charge < -0.3 is 9.64 Å². The smallest absolute Gasteiger partial charge is 0.338 e. The van der Waals surface area contributed by atoms with Gasteiger partial charge in [0.2, 0.25) is 11.8 Å². The molecule has 1 unspecified atom stereocenters. The van der Waals surface area contributed by atoms with Gasteiger partial charge in [-0.3, -0.25) is 14.4 Å². The van der Waals surface area contributed by atoms with Gasteiger partial charge in [-0.15, -0.1) is 0 Å². The molecule has 0 bridgehead atoms. The summed E-state index contributed by atoms with van der Waals surface area (Å²) in [6.07, 6.45) is 1.53. The second-order valence-corrected chi connectivity index (χ2v) is 7.63. The molecule has 7 heteroatoms. The van der Waals surface area contributed by atoms with E-state index >= 15 is 0 Å². The molecule has 1 fully saturated rings. The van der Waals surface area contributed by atoms with Crippen LogP contribution in [-0.2, 0) is 25.5 Å². The molecule has 3 rings (SSSR count). The Hall–Kier alpha value is -3.48. The van der Waals surface area contributed by atoms with Gasteiger partial charge in [0.05, 0.1) is 24.3 Å². The van der Waals surface area contributed by atoms with E-state index in [4.69, 9.17) is 4.74 Å². The van der Waals surface area contributed by atoms with Crippen LogP contribution in [0.1, 0.15) is 49.0 Å². The topological polar surface area (TPSA) is 84.0 Å². The zero-order valence-electron chi connectivity index (χ0n) is 18.5. The van der Waals surface area contributed by atoms with Gasteiger partial charge in [0, 0.05) is 13.0 Å². The van der Waals surface area contributed by atoms with Crippen LogP contribution in [0, 0.1) is 0 Å². The summed E-state index contributed by atoms with van der Waals surface area (Å²) in [4.78, 5) is 53.3. The number of hydrogen-bond donors (Lipinski definition) is 0. The Labute approximate surface area is 188 Å². The maximum absolute atomic E-state index is 13.2. The number of anilines is 1. The van der Waals surface area contributed by atoms with Crippen LogP contribution in [0.15, 0.2) is 54.6 Å². The van der Waals surface area contributed by atoms with E-state index in [9.17, 15) is 19.2 Å². The number of ether oxygens (including phenoxy) is 1. The van der Waals surface area contributed by atoms with Crippen molar-refractivity contribution in [2.24, 2.45) is 0 Å². The summed E-state index contributed by atoms with van der Waals surface area (Å²) in [6, 6.07) is 15.1. The molecule has 2 aromatic carbocycles. The number of amides is 3. The summed E-state index contributed by atoms with van der Waals surface area (Å²) in [6.45, 7) is 4.25. The van der Waals surface area contributed by atoms with Crippen molar-refractivity contribution in [3.63, 3.8) is 0 Å². The Balaban J connectivity index is 1.78. The van der Waals surface area contributed by atoms with Gasteiger partial charge in [-0.1, -0.05) is 37.3 Å². The normalized spacial score (nSPS) is 15.7. The first kappa shape index (κ1) is 23.2. The molecule has 1 saturated heterocycles. The monoisotopic (exact) mass is 436 g/mol. The average Bonchev–Trinajstić information content (AvgIpc) is 3.09. The summed E-state index contributed by atoms with van der Waals surface area (Å²) < 4.78 is 4.97. The highest BCUT2D eigenvalue weighted by Crippen LogP contribution is 2.27. The minimum Gasteiger partial charge on any atom is -0.462 e. The lowest BCUT2D eigenvalue weighted by atomic mass is 10.1. The first-order valence-electron chi connectivity index (χ1n) is 10.9. The second kappa shape index (κ2) is 10.7. The van der Waals surface area contributed by atoms with Gasteiger partial charge in [0.25, 0.3) is 5.91 Å². The van der Waals surface area contributed by atoms with Gasteiger partial charge >= 0.3 is 5.97 Å². The van der Waals surface area contributed by atoms with Crippen molar-refractivity contribution in [2.45, 2.75) is 45.6 Å². The zero-order valence-corrected chi connectivity index (χ0v) is 18.5. The van der Waals surface area contributed by atoms with E-state index in [2.05, 4.69) is 0 Å². The number of imide groups is 1. The number of benzene rings is 2. The van der Waals surface area contributed by atoms with Crippen LogP contribution in [0.2, 0.25) is 0 Å². The molecule has 1 aliphatic heterocycles. The molecule has 3 amide bonds. The molecule has 0 spiro atoms. The van der Waals surface area contributed by atoms with Crippen molar-refractivity contribution in [3.8, 4) is 0 Å². The Morgan fingerprint density at radius 1 is 1.03 bits per heavy atom. The Morgan fingerprint density at radius 2 is 1.72 bits per heavy atom. The number of nitrogens with zero attached hydrogens (tertiary/aromatic N) is 2. The second-order valence-electron chi connectivity index (χ2n) is 7.63. The fourth-order valence-electron chi connectivity index (χ4n) is 3.80. The van der Waals surface area contributed by atoms with E-state index in [0.29, 0.717) is 37.1 Å². The third-order valence-electron chi connectivity index (χ3n) is 5.40. The number of rotatable bonds is 9. The molecule has 1 aliphatic rings. The van der Waals surface area contributed by atoms with Crippen LogP contribution < -0.4 is 4.90 Å². The van der Waals surface area contributed by atoms with E-state index in [1.165, 1.54) is 12.1 Å². The molecule has 7 nitrogen and oxygen atoms in total. The van der Waals surface area contributed by atoms with E-state index in [-0.39, 0.29) is 24.8 Å². The van der Waals surface area contributed by atoms with Crippen LogP contribution in [0.5, 0.6) is 0 Å². The summed E-state index contributed by atoms with van der Waals surface area (Å²) in [5, 5.41) is 0. The largest absolute Gasteiger partial charge is 0.462 e. The van der Waals surface area contributed by atoms with E-state index in [1.807, 2.05) is 37.3 Å². The SMILES string of the molecule is CCCC(=O)N(CCc1ccccc1)C1CC(=O)N(c2ccc(C(=O)OCC)cc2)C1=O. The zero-order chi connectivity index (χ0) is 23.1. The Morgan fingerprint density at radius 3 is 2.34 bits per heavy atom. The van der Waals surface area contributed by atoms with Crippen LogP contribution in [-0.4, -0.2) is 47.8 Å². The molecule has 0 N–H and O–H groups in total. The van der Waals surface area contributed by atoms with Crippen LogP contribution in [0.3, 0.4) is 0 Å². The molecule has 1 atom stereocenters. The summed E-state index contributed by atoms with van der Waals surface area (Å²) in [5.41, 5.74) is 1.78. The Kier molecular flexibility index (Phi) is 7.76. The average molecular weight is 437 g/mol. The molecule has 0 aromatic heterocycles. The van der Waals surface area contributed by atoms with E-state index < -0.39 is 17.9 Å². The first-order valence-corrected chi connectivity index (χ1v) is 10.9. The molecule has 168 valence electrons. The number of hydrogen-bond acceptors (Lipinski definition) is 5. The molecular weight excluding hydrogens is 408 g/mol. The molecule has 0 aliphatic carbocycles.